The highest BCUT2D eigenvalue weighted by molar-refractivity contribution is 9.10. The summed E-state index contributed by atoms with van der Waals surface area (Å²) in [6.07, 6.45) is 0. The van der Waals surface area contributed by atoms with Gasteiger partial charge in [0.15, 0.2) is 0 Å². The van der Waals surface area contributed by atoms with Crippen molar-refractivity contribution in [1.82, 2.24) is 5.32 Å². The molecule has 0 unspecified atom stereocenters. The number of benzene rings is 2. The molecule has 20 heavy (non-hydrogen) atoms. The van der Waals surface area contributed by atoms with Crippen LogP contribution >= 0.6 is 15.9 Å². The standard InChI is InChI=1S/C15H14BrFN2O/c1-9(10-4-2-5-11(16)8-10)19-15(20)12-6-3-7-13(17)14(12)18/h2-9H,18H2,1H3,(H,19,20)/t9-/m0/s1. The number of rotatable bonds is 3. The number of hydrogen-bond acceptors (Lipinski definition) is 2. The number of carbonyl (C=O) groups is 1. The number of halogens is 2. The van der Waals surface area contributed by atoms with Gasteiger partial charge in [-0.25, -0.2) is 4.39 Å². The van der Waals surface area contributed by atoms with Crippen LogP contribution in [0.3, 0.4) is 0 Å². The van der Waals surface area contributed by atoms with Gasteiger partial charge in [0.1, 0.15) is 5.82 Å². The van der Waals surface area contributed by atoms with Crippen LogP contribution < -0.4 is 11.1 Å². The molecule has 2 aromatic carbocycles. The van der Waals surface area contributed by atoms with Crippen LogP contribution in [0.25, 0.3) is 0 Å². The number of amides is 1. The predicted octanol–water partition coefficient (Wildman–Crippen LogP) is 3.66. The maximum absolute atomic E-state index is 13.3. The third-order valence-electron chi connectivity index (χ3n) is 2.99. The van der Waals surface area contributed by atoms with Gasteiger partial charge in [0.25, 0.3) is 5.91 Å². The van der Waals surface area contributed by atoms with Gasteiger partial charge in [0, 0.05) is 4.47 Å². The molecule has 0 heterocycles. The average molecular weight is 337 g/mol. The fraction of sp³-hybridized carbons (Fsp3) is 0.133. The first-order chi connectivity index (χ1) is 9.49. The van der Waals surface area contributed by atoms with Gasteiger partial charge in [0.2, 0.25) is 0 Å². The summed E-state index contributed by atoms with van der Waals surface area (Å²) >= 11 is 3.38. The van der Waals surface area contributed by atoms with E-state index in [1.165, 1.54) is 18.2 Å². The van der Waals surface area contributed by atoms with Gasteiger partial charge in [-0.1, -0.05) is 34.1 Å². The highest BCUT2D eigenvalue weighted by Gasteiger charge is 2.15. The van der Waals surface area contributed by atoms with Gasteiger partial charge in [-0.15, -0.1) is 0 Å². The van der Waals surface area contributed by atoms with E-state index in [2.05, 4.69) is 21.2 Å². The Labute approximate surface area is 125 Å². The molecular formula is C15H14BrFN2O. The molecule has 0 saturated carbocycles. The SMILES string of the molecule is C[C@H](NC(=O)c1cccc(F)c1N)c1cccc(Br)c1. The lowest BCUT2D eigenvalue weighted by Crippen LogP contribution is -2.27. The highest BCUT2D eigenvalue weighted by atomic mass is 79.9. The van der Waals surface area contributed by atoms with Crippen molar-refractivity contribution in [3.8, 4) is 0 Å². The van der Waals surface area contributed by atoms with Gasteiger partial charge in [-0.2, -0.15) is 0 Å². The Morgan fingerprint density at radius 3 is 2.70 bits per heavy atom. The average Bonchev–Trinajstić information content (AvgIpc) is 2.41. The van der Waals surface area contributed by atoms with Crippen LogP contribution in [0, 0.1) is 5.82 Å². The second kappa shape index (κ2) is 6.05. The highest BCUT2D eigenvalue weighted by Crippen LogP contribution is 2.20. The maximum Gasteiger partial charge on any atom is 0.253 e. The molecule has 0 aromatic heterocycles. The number of carbonyl (C=O) groups excluding carboxylic acids is 1. The normalized spacial score (nSPS) is 11.9. The maximum atomic E-state index is 13.3. The zero-order valence-electron chi connectivity index (χ0n) is 10.9. The van der Waals surface area contributed by atoms with Gasteiger partial charge < -0.3 is 11.1 Å². The van der Waals surface area contributed by atoms with E-state index in [4.69, 9.17) is 5.73 Å². The van der Waals surface area contributed by atoms with Crippen LogP contribution in [0.5, 0.6) is 0 Å². The summed E-state index contributed by atoms with van der Waals surface area (Å²) in [6.45, 7) is 1.86. The minimum Gasteiger partial charge on any atom is -0.396 e. The Bertz CT molecular complexity index is 646. The number of para-hydroxylation sites is 1. The summed E-state index contributed by atoms with van der Waals surface area (Å²) in [5, 5.41) is 2.80. The first-order valence-corrected chi connectivity index (χ1v) is 6.88. The summed E-state index contributed by atoms with van der Waals surface area (Å²) in [6, 6.07) is 11.6. The molecule has 0 aliphatic rings. The first-order valence-electron chi connectivity index (χ1n) is 6.09. The number of nitrogens with two attached hydrogens (primary N) is 1. The van der Waals surface area contributed by atoms with Crippen LogP contribution in [0.15, 0.2) is 46.9 Å². The van der Waals surface area contributed by atoms with E-state index >= 15 is 0 Å². The first kappa shape index (κ1) is 14.5. The minimum absolute atomic E-state index is 0.133. The molecule has 3 nitrogen and oxygen atoms in total. The molecule has 3 N–H and O–H groups in total. The Morgan fingerprint density at radius 2 is 2.00 bits per heavy atom. The monoisotopic (exact) mass is 336 g/mol. The van der Waals surface area contributed by atoms with Crippen molar-refractivity contribution in [1.29, 1.82) is 0 Å². The second-order valence-corrected chi connectivity index (χ2v) is 5.37. The van der Waals surface area contributed by atoms with Crippen molar-refractivity contribution in [3.63, 3.8) is 0 Å². The third-order valence-corrected chi connectivity index (χ3v) is 3.49. The van der Waals surface area contributed by atoms with Crippen molar-refractivity contribution in [2.45, 2.75) is 13.0 Å². The topological polar surface area (TPSA) is 55.1 Å². The lowest BCUT2D eigenvalue weighted by Gasteiger charge is -2.15. The van der Waals surface area contributed by atoms with Crippen molar-refractivity contribution < 1.29 is 9.18 Å². The number of hydrogen-bond donors (Lipinski definition) is 2. The van der Waals surface area contributed by atoms with Crippen molar-refractivity contribution in [2.75, 3.05) is 5.73 Å². The second-order valence-electron chi connectivity index (χ2n) is 4.45. The molecule has 0 saturated heterocycles. The van der Waals surface area contributed by atoms with Gasteiger partial charge >= 0.3 is 0 Å². The Balaban J connectivity index is 2.17. The molecule has 0 radical (unpaired) electrons. The fourth-order valence-corrected chi connectivity index (χ4v) is 2.29. The predicted molar refractivity (Wildman–Crippen MR) is 80.8 cm³/mol. The summed E-state index contributed by atoms with van der Waals surface area (Å²) in [5.41, 5.74) is 6.54. The molecule has 2 rings (SSSR count). The van der Waals surface area contributed by atoms with Crippen LogP contribution in [0.4, 0.5) is 10.1 Å². The lowest BCUT2D eigenvalue weighted by atomic mass is 10.1. The van der Waals surface area contributed by atoms with E-state index in [1.54, 1.807) is 0 Å². The van der Waals surface area contributed by atoms with Crippen LogP contribution in [0.2, 0.25) is 0 Å². The minimum atomic E-state index is -0.590. The summed E-state index contributed by atoms with van der Waals surface area (Å²) in [4.78, 5) is 12.1. The lowest BCUT2D eigenvalue weighted by molar-refractivity contribution is 0.0940. The van der Waals surface area contributed by atoms with E-state index in [9.17, 15) is 9.18 Å². The number of anilines is 1. The summed E-state index contributed by atoms with van der Waals surface area (Å²) < 4.78 is 14.3. The molecule has 0 fully saturated rings. The van der Waals surface area contributed by atoms with Crippen molar-refractivity contribution in [2.24, 2.45) is 0 Å². The Kier molecular flexibility index (Phi) is 4.39. The van der Waals surface area contributed by atoms with Crippen molar-refractivity contribution >= 4 is 27.5 Å². The third kappa shape index (κ3) is 3.17. The van der Waals surface area contributed by atoms with E-state index in [1.807, 2.05) is 31.2 Å². The zero-order valence-corrected chi connectivity index (χ0v) is 12.4. The molecule has 5 heteroatoms. The Hall–Kier alpha value is -1.88. The van der Waals surface area contributed by atoms with Gasteiger partial charge in [-0.05, 0) is 36.8 Å². The molecular weight excluding hydrogens is 323 g/mol. The number of nitrogens with one attached hydrogen (secondary N) is 1. The van der Waals surface area contributed by atoms with E-state index in [0.717, 1.165) is 10.0 Å². The molecule has 0 bridgehead atoms. The smallest absolute Gasteiger partial charge is 0.253 e. The van der Waals surface area contributed by atoms with E-state index in [-0.39, 0.29) is 17.3 Å². The van der Waals surface area contributed by atoms with Crippen LogP contribution in [0.1, 0.15) is 28.9 Å². The molecule has 104 valence electrons. The largest absolute Gasteiger partial charge is 0.396 e. The van der Waals surface area contributed by atoms with E-state index in [0.29, 0.717) is 0 Å². The summed E-state index contributed by atoms with van der Waals surface area (Å²) in [7, 11) is 0. The summed E-state index contributed by atoms with van der Waals surface area (Å²) in [5.74, 6) is -0.984. The zero-order chi connectivity index (χ0) is 14.7. The fourth-order valence-electron chi connectivity index (χ4n) is 1.87. The molecule has 1 amide bonds. The van der Waals surface area contributed by atoms with Crippen LogP contribution in [-0.4, -0.2) is 5.91 Å². The number of nitrogen functional groups attached to an aromatic ring is 1. The molecule has 0 aliphatic heterocycles. The Morgan fingerprint density at radius 1 is 1.30 bits per heavy atom. The molecule has 0 aliphatic carbocycles. The molecule has 1 atom stereocenters. The molecule has 2 aromatic rings. The quantitative estimate of drug-likeness (QED) is 0.840. The van der Waals surface area contributed by atoms with Gasteiger partial charge in [-0.3, -0.25) is 4.79 Å². The van der Waals surface area contributed by atoms with Crippen LogP contribution in [-0.2, 0) is 0 Å². The van der Waals surface area contributed by atoms with E-state index < -0.39 is 11.7 Å². The molecule has 0 spiro atoms. The van der Waals surface area contributed by atoms with Gasteiger partial charge in [0.05, 0.1) is 17.3 Å². The van der Waals surface area contributed by atoms with Crippen molar-refractivity contribution in [3.05, 3.63) is 63.9 Å².